The highest BCUT2D eigenvalue weighted by Gasteiger charge is 2.45. The SMILES string of the molecule is Cn1cc(-c2cccc(-c3ncc(-c4cnn(C)c4)c(N[C@H]4CCCC[C@H]5OC45)n3)c2)cn1. The molecule has 3 aromatic heterocycles. The zero-order valence-electron chi connectivity index (χ0n) is 18.8. The number of nitrogens with one attached hydrogen (secondary N) is 1. The number of ether oxygens (including phenoxy) is 1. The summed E-state index contributed by atoms with van der Waals surface area (Å²) >= 11 is 0. The lowest BCUT2D eigenvalue weighted by atomic mass is 10.1. The number of epoxide rings is 1. The molecule has 0 radical (unpaired) electrons. The second-order valence-electron chi connectivity index (χ2n) is 9.02. The third kappa shape index (κ3) is 4.02. The first-order chi connectivity index (χ1) is 16.1. The maximum atomic E-state index is 5.94. The van der Waals surface area contributed by atoms with Gasteiger partial charge in [0, 0.05) is 54.9 Å². The van der Waals surface area contributed by atoms with E-state index < -0.39 is 0 Å². The highest BCUT2D eigenvalue weighted by atomic mass is 16.6. The average Bonchev–Trinajstić information content (AvgIpc) is 3.32. The summed E-state index contributed by atoms with van der Waals surface area (Å²) in [6, 6.07) is 8.55. The Hall–Kier alpha value is -3.52. The Morgan fingerprint density at radius 2 is 1.67 bits per heavy atom. The number of rotatable bonds is 5. The van der Waals surface area contributed by atoms with E-state index in [4.69, 9.17) is 14.7 Å². The third-order valence-corrected chi connectivity index (χ3v) is 6.56. The minimum atomic E-state index is 0.261. The molecule has 1 saturated heterocycles. The van der Waals surface area contributed by atoms with Crippen LogP contribution in [0.25, 0.3) is 33.6 Å². The Bertz CT molecular complexity index is 1290. The Labute approximate surface area is 192 Å². The molecule has 1 unspecified atom stereocenters. The van der Waals surface area contributed by atoms with Gasteiger partial charge in [-0.2, -0.15) is 10.2 Å². The van der Waals surface area contributed by atoms with Crippen LogP contribution in [0.1, 0.15) is 25.7 Å². The van der Waals surface area contributed by atoms with Crippen molar-refractivity contribution in [1.29, 1.82) is 0 Å². The van der Waals surface area contributed by atoms with Crippen molar-refractivity contribution < 1.29 is 4.74 Å². The van der Waals surface area contributed by atoms with Gasteiger partial charge >= 0.3 is 0 Å². The van der Waals surface area contributed by atoms with Crippen molar-refractivity contribution in [2.45, 2.75) is 43.9 Å². The van der Waals surface area contributed by atoms with Crippen LogP contribution in [0.2, 0.25) is 0 Å². The fourth-order valence-corrected chi connectivity index (χ4v) is 4.76. The summed E-state index contributed by atoms with van der Waals surface area (Å²) in [5.41, 5.74) is 5.08. The van der Waals surface area contributed by atoms with E-state index in [1.807, 2.05) is 55.8 Å². The number of nitrogens with zero attached hydrogens (tertiary/aromatic N) is 6. The quantitative estimate of drug-likeness (QED) is 0.470. The molecule has 0 spiro atoms. The van der Waals surface area contributed by atoms with Crippen LogP contribution in [0.15, 0.2) is 55.2 Å². The van der Waals surface area contributed by atoms with E-state index in [1.54, 1.807) is 4.68 Å². The van der Waals surface area contributed by atoms with Gasteiger partial charge in [-0.1, -0.05) is 31.0 Å². The molecular weight excluding hydrogens is 414 g/mol. The van der Waals surface area contributed by atoms with Crippen molar-refractivity contribution in [2.75, 3.05) is 5.32 Å². The van der Waals surface area contributed by atoms with Gasteiger partial charge in [-0.05, 0) is 24.5 Å². The normalized spacial score (nSPS) is 21.9. The number of fused-ring (bicyclic) bond motifs is 1. The fraction of sp³-hybridized carbons (Fsp3) is 0.360. The number of hydrogen-bond acceptors (Lipinski definition) is 6. The maximum Gasteiger partial charge on any atom is 0.161 e. The molecule has 33 heavy (non-hydrogen) atoms. The standard InChI is InChI=1S/C25H27N7O/c1-31-14-18(11-27-31)16-6-5-7-17(10-16)24-26-13-20(19-12-28-32(2)15-19)25(30-24)29-21-8-3-4-9-22-23(21)33-22/h5-7,10-15,21-23H,3-4,8-9H2,1-2H3,(H,26,29,30)/t21-,22+,23?/m0/s1. The number of anilines is 1. The molecule has 2 fully saturated rings. The van der Waals surface area contributed by atoms with Crippen molar-refractivity contribution in [1.82, 2.24) is 29.5 Å². The monoisotopic (exact) mass is 441 g/mol. The molecule has 0 bridgehead atoms. The maximum absolute atomic E-state index is 5.94. The Kier molecular flexibility index (Phi) is 4.95. The van der Waals surface area contributed by atoms with Gasteiger partial charge < -0.3 is 10.1 Å². The molecule has 0 amide bonds. The molecule has 1 N–H and O–H groups in total. The van der Waals surface area contributed by atoms with Gasteiger partial charge in [0.25, 0.3) is 0 Å². The molecule has 2 aliphatic rings. The minimum absolute atomic E-state index is 0.261. The van der Waals surface area contributed by atoms with E-state index in [9.17, 15) is 0 Å². The van der Waals surface area contributed by atoms with E-state index >= 15 is 0 Å². The van der Waals surface area contributed by atoms with Crippen LogP contribution in [0, 0.1) is 0 Å². The van der Waals surface area contributed by atoms with Crippen LogP contribution < -0.4 is 5.32 Å². The molecule has 168 valence electrons. The summed E-state index contributed by atoms with van der Waals surface area (Å²) in [5.74, 6) is 1.53. The first-order valence-electron chi connectivity index (χ1n) is 11.5. The third-order valence-electron chi connectivity index (χ3n) is 6.56. The summed E-state index contributed by atoms with van der Waals surface area (Å²) in [6.07, 6.45) is 15.0. The second-order valence-corrected chi connectivity index (χ2v) is 9.02. The Morgan fingerprint density at radius 3 is 2.45 bits per heavy atom. The highest BCUT2D eigenvalue weighted by Crippen LogP contribution is 2.38. The number of benzene rings is 1. The lowest BCUT2D eigenvalue weighted by Crippen LogP contribution is -2.27. The number of hydrogen-bond donors (Lipinski definition) is 1. The van der Waals surface area contributed by atoms with Gasteiger partial charge in [-0.25, -0.2) is 9.97 Å². The van der Waals surface area contributed by atoms with Crippen LogP contribution >= 0.6 is 0 Å². The van der Waals surface area contributed by atoms with Gasteiger partial charge in [-0.3, -0.25) is 9.36 Å². The molecule has 6 rings (SSSR count). The van der Waals surface area contributed by atoms with E-state index in [1.165, 1.54) is 12.8 Å². The van der Waals surface area contributed by atoms with Gasteiger partial charge in [0.05, 0.1) is 24.5 Å². The van der Waals surface area contributed by atoms with Gasteiger partial charge in [0.15, 0.2) is 5.82 Å². The zero-order valence-corrected chi connectivity index (χ0v) is 18.8. The van der Waals surface area contributed by atoms with Crippen molar-refractivity contribution in [2.24, 2.45) is 14.1 Å². The van der Waals surface area contributed by atoms with Crippen LogP contribution in [0.5, 0.6) is 0 Å². The number of aryl methyl sites for hydroxylation is 2. The van der Waals surface area contributed by atoms with Crippen molar-refractivity contribution >= 4 is 5.82 Å². The Balaban J connectivity index is 1.38. The Morgan fingerprint density at radius 1 is 0.909 bits per heavy atom. The predicted octanol–water partition coefficient (Wildman–Crippen LogP) is 4.07. The molecule has 1 aliphatic carbocycles. The molecule has 3 atom stereocenters. The van der Waals surface area contributed by atoms with Crippen LogP contribution in [0.3, 0.4) is 0 Å². The lowest BCUT2D eigenvalue weighted by molar-refractivity contribution is 0.324. The minimum Gasteiger partial charge on any atom is -0.367 e. The lowest BCUT2D eigenvalue weighted by Gasteiger charge is -2.19. The van der Waals surface area contributed by atoms with Crippen molar-refractivity contribution in [3.63, 3.8) is 0 Å². The van der Waals surface area contributed by atoms with E-state index in [0.29, 0.717) is 11.9 Å². The molecular formula is C25H27N7O. The molecule has 1 aliphatic heterocycles. The topological polar surface area (TPSA) is 86.0 Å². The summed E-state index contributed by atoms with van der Waals surface area (Å²) < 4.78 is 9.55. The molecule has 4 heterocycles. The van der Waals surface area contributed by atoms with Crippen LogP contribution in [-0.4, -0.2) is 47.8 Å². The first kappa shape index (κ1) is 20.1. The van der Waals surface area contributed by atoms with E-state index in [2.05, 4.69) is 33.7 Å². The highest BCUT2D eigenvalue weighted by molar-refractivity contribution is 5.76. The van der Waals surface area contributed by atoms with Gasteiger partial charge in [-0.15, -0.1) is 0 Å². The predicted molar refractivity (Wildman–Crippen MR) is 126 cm³/mol. The van der Waals surface area contributed by atoms with E-state index in [-0.39, 0.29) is 12.1 Å². The molecule has 8 heteroatoms. The van der Waals surface area contributed by atoms with Crippen LogP contribution in [0.4, 0.5) is 5.82 Å². The zero-order chi connectivity index (χ0) is 22.4. The van der Waals surface area contributed by atoms with Crippen molar-refractivity contribution in [3.8, 4) is 33.6 Å². The number of aromatic nitrogens is 6. The smallest absolute Gasteiger partial charge is 0.161 e. The largest absolute Gasteiger partial charge is 0.367 e. The van der Waals surface area contributed by atoms with Crippen LogP contribution in [-0.2, 0) is 18.8 Å². The summed E-state index contributed by atoms with van der Waals surface area (Å²) in [7, 11) is 3.84. The van der Waals surface area contributed by atoms with E-state index in [0.717, 1.165) is 46.5 Å². The van der Waals surface area contributed by atoms with Gasteiger partial charge in [0.2, 0.25) is 0 Å². The summed E-state index contributed by atoms with van der Waals surface area (Å²) in [6.45, 7) is 0. The summed E-state index contributed by atoms with van der Waals surface area (Å²) in [5, 5.41) is 12.4. The van der Waals surface area contributed by atoms with Gasteiger partial charge in [0.1, 0.15) is 11.9 Å². The van der Waals surface area contributed by atoms with Crippen molar-refractivity contribution in [3.05, 3.63) is 55.2 Å². The summed E-state index contributed by atoms with van der Waals surface area (Å²) in [4.78, 5) is 9.75. The second kappa shape index (κ2) is 8.12. The average molecular weight is 442 g/mol. The molecule has 8 nitrogen and oxygen atoms in total. The molecule has 1 aromatic carbocycles. The first-order valence-corrected chi connectivity index (χ1v) is 11.5. The fourth-order valence-electron chi connectivity index (χ4n) is 4.76. The molecule has 4 aromatic rings. The molecule has 1 saturated carbocycles.